The molecule has 2 amide bonds. The highest BCUT2D eigenvalue weighted by Crippen LogP contribution is 2.18. The minimum Gasteiger partial charge on any atom is -0.351 e. The number of thioether (sulfide) groups is 1. The predicted molar refractivity (Wildman–Crippen MR) is 124 cm³/mol. The van der Waals surface area contributed by atoms with Crippen LogP contribution in [0.3, 0.4) is 0 Å². The quantitative estimate of drug-likeness (QED) is 0.406. The number of hydrogen-bond acceptors (Lipinski definition) is 5. The first kappa shape index (κ1) is 21.6. The zero-order valence-electron chi connectivity index (χ0n) is 17.6. The number of aromatic nitrogens is 3. The highest BCUT2D eigenvalue weighted by atomic mass is 32.2. The van der Waals surface area contributed by atoms with Gasteiger partial charge in [-0.3, -0.25) is 14.0 Å². The molecule has 0 unspecified atom stereocenters. The Kier molecular flexibility index (Phi) is 6.81. The van der Waals surface area contributed by atoms with Gasteiger partial charge >= 0.3 is 0 Å². The lowest BCUT2D eigenvalue weighted by Crippen LogP contribution is -2.24. The van der Waals surface area contributed by atoms with Gasteiger partial charge in [-0.15, -0.1) is 10.2 Å². The molecule has 4 aromatic rings. The van der Waals surface area contributed by atoms with Gasteiger partial charge in [0, 0.05) is 19.3 Å². The lowest BCUT2D eigenvalue weighted by molar-refractivity contribution is -0.118. The molecule has 162 valence electrons. The van der Waals surface area contributed by atoms with Crippen LogP contribution in [0.25, 0.3) is 5.65 Å². The van der Waals surface area contributed by atoms with Crippen molar-refractivity contribution in [2.24, 2.45) is 0 Å². The van der Waals surface area contributed by atoms with Crippen LogP contribution in [0, 0.1) is 6.92 Å². The van der Waals surface area contributed by atoms with E-state index >= 15 is 0 Å². The van der Waals surface area contributed by atoms with Gasteiger partial charge in [-0.2, -0.15) is 0 Å². The maximum atomic E-state index is 12.6. The molecule has 0 atom stereocenters. The van der Waals surface area contributed by atoms with E-state index in [1.165, 1.54) is 17.3 Å². The number of rotatable bonds is 8. The monoisotopic (exact) mass is 445 g/mol. The van der Waals surface area contributed by atoms with Crippen LogP contribution >= 0.6 is 11.8 Å². The summed E-state index contributed by atoms with van der Waals surface area (Å²) in [4.78, 5) is 24.8. The van der Waals surface area contributed by atoms with Crippen LogP contribution in [0.15, 0.2) is 78.1 Å². The number of hydrogen-bond donors (Lipinski definition) is 2. The van der Waals surface area contributed by atoms with E-state index in [9.17, 15) is 9.59 Å². The van der Waals surface area contributed by atoms with Crippen molar-refractivity contribution in [3.8, 4) is 0 Å². The summed E-state index contributed by atoms with van der Waals surface area (Å²) in [5.74, 6) is -0.0720. The first-order chi connectivity index (χ1) is 15.6. The van der Waals surface area contributed by atoms with Crippen LogP contribution in [0.1, 0.15) is 27.0 Å². The SMILES string of the molecule is Cc1ccc(CNC(=O)CSc2nnc3ccc(C(=O)NCc4ccccc4)cn23)cc1. The number of benzene rings is 2. The van der Waals surface area contributed by atoms with Gasteiger partial charge in [0.1, 0.15) is 0 Å². The van der Waals surface area contributed by atoms with Crippen molar-refractivity contribution >= 4 is 29.2 Å². The molecule has 4 rings (SSSR count). The lowest BCUT2D eigenvalue weighted by atomic mass is 10.1. The van der Waals surface area contributed by atoms with Crippen LogP contribution in [0.4, 0.5) is 0 Å². The van der Waals surface area contributed by atoms with E-state index in [1.807, 2.05) is 61.5 Å². The standard InChI is InChI=1S/C24H23N5O2S/c1-17-7-9-19(10-8-17)13-25-22(30)16-32-24-28-27-21-12-11-20(15-29(21)24)23(31)26-14-18-5-3-2-4-6-18/h2-12,15H,13-14,16H2,1H3,(H,25,30)(H,26,31). The van der Waals surface area contributed by atoms with Crippen LogP contribution in [0.2, 0.25) is 0 Å². The summed E-state index contributed by atoms with van der Waals surface area (Å²) in [5, 5.41) is 14.7. The van der Waals surface area contributed by atoms with Crippen molar-refractivity contribution in [1.82, 2.24) is 25.2 Å². The van der Waals surface area contributed by atoms with Crippen molar-refractivity contribution in [3.63, 3.8) is 0 Å². The number of aryl methyl sites for hydroxylation is 1. The summed E-state index contributed by atoms with van der Waals surface area (Å²) in [7, 11) is 0. The third-order valence-electron chi connectivity index (χ3n) is 4.87. The largest absolute Gasteiger partial charge is 0.351 e. The van der Waals surface area contributed by atoms with E-state index in [1.54, 1.807) is 22.7 Å². The Morgan fingerprint density at radius 3 is 2.38 bits per heavy atom. The van der Waals surface area contributed by atoms with Crippen molar-refractivity contribution in [3.05, 3.63) is 95.2 Å². The first-order valence-corrected chi connectivity index (χ1v) is 11.2. The third kappa shape index (κ3) is 5.53. The average molecular weight is 446 g/mol. The second kappa shape index (κ2) is 10.1. The van der Waals surface area contributed by atoms with Crippen LogP contribution in [-0.4, -0.2) is 32.2 Å². The van der Waals surface area contributed by atoms with Crippen molar-refractivity contribution in [1.29, 1.82) is 0 Å². The summed E-state index contributed by atoms with van der Waals surface area (Å²) in [6.07, 6.45) is 1.70. The lowest BCUT2D eigenvalue weighted by Gasteiger charge is -2.07. The molecule has 32 heavy (non-hydrogen) atoms. The fourth-order valence-corrected chi connectivity index (χ4v) is 3.82. The van der Waals surface area contributed by atoms with E-state index in [0.717, 1.165) is 11.1 Å². The maximum absolute atomic E-state index is 12.6. The predicted octanol–water partition coefficient (Wildman–Crippen LogP) is 3.38. The molecule has 0 saturated heterocycles. The third-order valence-corrected chi connectivity index (χ3v) is 5.81. The summed E-state index contributed by atoms with van der Waals surface area (Å²) in [6.45, 7) is 2.95. The molecule has 2 aromatic carbocycles. The summed E-state index contributed by atoms with van der Waals surface area (Å²) >= 11 is 1.28. The minimum atomic E-state index is -0.184. The molecule has 2 heterocycles. The molecule has 7 nitrogen and oxygen atoms in total. The Labute approximate surface area is 190 Å². The molecule has 0 saturated carbocycles. The average Bonchev–Trinajstić information content (AvgIpc) is 3.23. The molecule has 0 spiro atoms. The topological polar surface area (TPSA) is 88.4 Å². The minimum absolute atomic E-state index is 0.0934. The zero-order valence-corrected chi connectivity index (χ0v) is 18.4. The number of pyridine rings is 1. The van der Waals surface area contributed by atoms with Gasteiger partial charge in [0.25, 0.3) is 5.91 Å². The van der Waals surface area contributed by atoms with Crippen LogP contribution in [0.5, 0.6) is 0 Å². The van der Waals surface area contributed by atoms with E-state index in [0.29, 0.717) is 29.5 Å². The van der Waals surface area contributed by atoms with Crippen molar-refractivity contribution < 1.29 is 9.59 Å². The van der Waals surface area contributed by atoms with E-state index in [4.69, 9.17) is 0 Å². The zero-order chi connectivity index (χ0) is 22.3. The molecule has 0 bridgehead atoms. The number of nitrogens with zero attached hydrogens (tertiary/aromatic N) is 3. The van der Waals surface area contributed by atoms with Gasteiger partial charge in [0.2, 0.25) is 5.91 Å². The number of carbonyl (C=O) groups is 2. The maximum Gasteiger partial charge on any atom is 0.253 e. The second-order valence-corrected chi connectivity index (χ2v) is 8.29. The summed E-state index contributed by atoms with van der Waals surface area (Å²) in [5.41, 5.74) is 4.38. The fraction of sp³-hybridized carbons (Fsp3) is 0.167. The number of amides is 2. The Hall–Kier alpha value is -3.65. The van der Waals surface area contributed by atoms with Crippen molar-refractivity contribution in [2.45, 2.75) is 25.2 Å². The van der Waals surface area contributed by atoms with Crippen molar-refractivity contribution in [2.75, 3.05) is 5.75 Å². The molecule has 0 radical (unpaired) electrons. The summed E-state index contributed by atoms with van der Waals surface area (Å²) in [6, 6.07) is 21.2. The Morgan fingerprint density at radius 2 is 1.59 bits per heavy atom. The smallest absolute Gasteiger partial charge is 0.253 e. The summed E-state index contributed by atoms with van der Waals surface area (Å²) < 4.78 is 1.73. The first-order valence-electron chi connectivity index (χ1n) is 10.2. The normalized spacial score (nSPS) is 10.8. The molecule has 2 N–H and O–H groups in total. The number of carbonyl (C=O) groups excluding carboxylic acids is 2. The number of fused-ring (bicyclic) bond motifs is 1. The van der Waals surface area contributed by atoms with Gasteiger partial charge in [-0.05, 0) is 30.2 Å². The van der Waals surface area contributed by atoms with E-state index < -0.39 is 0 Å². The van der Waals surface area contributed by atoms with Gasteiger partial charge < -0.3 is 10.6 Å². The Bertz CT molecular complexity index is 1220. The van der Waals surface area contributed by atoms with Gasteiger partial charge in [-0.1, -0.05) is 71.9 Å². The van der Waals surface area contributed by atoms with Gasteiger partial charge in [0.15, 0.2) is 10.8 Å². The molecule has 0 aliphatic carbocycles. The Morgan fingerprint density at radius 1 is 0.875 bits per heavy atom. The Balaban J connectivity index is 1.35. The fourth-order valence-electron chi connectivity index (χ4n) is 3.07. The molecule has 2 aromatic heterocycles. The molecular weight excluding hydrogens is 422 g/mol. The molecule has 0 fully saturated rings. The molecule has 8 heteroatoms. The van der Waals surface area contributed by atoms with Crippen LogP contribution < -0.4 is 10.6 Å². The number of nitrogens with one attached hydrogen (secondary N) is 2. The van der Waals surface area contributed by atoms with E-state index in [-0.39, 0.29) is 17.6 Å². The van der Waals surface area contributed by atoms with Gasteiger partial charge in [-0.25, -0.2) is 0 Å². The second-order valence-electron chi connectivity index (χ2n) is 7.35. The highest BCUT2D eigenvalue weighted by molar-refractivity contribution is 7.99. The molecule has 0 aliphatic rings. The molecule has 0 aliphatic heterocycles. The van der Waals surface area contributed by atoms with Gasteiger partial charge in [0.05, 0.1) is 11.3 Å². The van der Waals surface area contributed by atoms with Crippen LogP contribution in [-0.2, 0) is 17.9 Å². The van der Waals surface area contributed by atoms with E-state index in [2.05, 4.69) is 20.8 Å². The molecular formula is C24H23N5O2S. The highest BCUT2D eigenvalue weighted by Gasteiger charge is 2.12.